The predicted octanol–water partition coefficient (Wildman–Crippen LogP) is 8.20. The van der Waals surface area contributed by atoms with Gasteiger partial charge in [0.25, 0.3) is 5.91 Å². The number of benzene rings is 3. The lowest BCUT2D eigenvalue weighted by Crippen LogP contribution is -2.27. The second-order valence-electron chi connectivity index (χ2n) is 9.02. The maximum absolute atomic E-state index is 13.0. The van der Waals surface area contributed by atoms with Crippen LogP contribution in [0, 0.1) is 0 Å². The van der Waals surface area contributed by atoms with Crippen molar-refractivity contribution in [1.29, 1.82) is 0 Å². The van der Waals surface area contributed by atoms with Crippen molar-refractivity contribution in [2.75, 3.05) is 6.54 Å². The molecule has 36 heavy (non-hydrogen) atoms. The Kier molecular flexibility index (Phi) is 7.55. The van der Waals surface area contributed by atoms with Crippen molar-refractivity contribution in [3.05, 3.63) is 124 Å². The van der Waals surface area contributed by atoms with E-state index in [1.54, 1.807) is 11.8 Å². The second-order valence-corrected chi connectivity index (χ2v) is 10.5. The Hall–Kier alpha value is -3.34. The normalized spacial score (nSPS) is 15.3. The van der Waals surface area contributed by atoms with E-state index in [2.05, 4.69) is 60.8 Å². The number of hydrogen-bond acceptors (Lipinski definition) is 3. The van der Waals surface area contributed by atoms with Crippen LogP contribution >= 0.6 is 23.4 Å². The number of carbonyl (C=O) groups excluding carboxylic acids is 1. The molecule has 1 aliphatic heterocycles. The molecular formula is C31H27ClN2OS. The standard InChI is InChI=1S/C31H27ClN2OS/c1-21(23-9-3-2-4-10-23)20-33-31(35)24-15-17-30-28(19-24)34-27(26-12-5-6-13-29(26)36-30)18-22-8-7-11-25(32)16-14-22/h2-7,9-17,19,21H,8,18,20H2,1H3,(H,33,35). The smallest absolute Gasteiger partial charge is 0.251 e. The lowest BCUT2D eigenvalue weighted by atomic mass is 9.99. The summed E-state index contributed by atoms with van der Waals surface area (Å²) in [5.41, 5.74) is 6.03. The van der Waals surface area contributed by atoms with Gasteiger partial charge in [-0.25, -0.2) is 0 Å². The van der Waals surface area contributed by atoms with E-state index in [1.807, 2.05) is 48.6 Å². The topological polar surface area (TPSA) is 41.5 Å². The minimum Gasteiger partial charge on any atom is -0.351 e. The van der Waals surface area contributed by atoms with Crippen molar-refractivity contribution in [1.82, 2.24) is 5.32 Å². The first-order valence-electron chi connectivity index (χ1n) is 12.1. The average molecular weight is 511 g/mol. The number of amides is 1. The van der Waals surface area contributed by atoms with E-state index in [4.69, 9.17) is 16.6 Å². The fourth-order valence-electron chi connectivity index (χ4n) is 4.32. The SMILES string of the molecule is CC(CNC(=O)c1ccc2c(c1)N=C(CC1=CC=C(Cl)C=CC1)c1ccccc1S2)c1ccccc1. The molecule has 1 atom stereocenters. The molecule has 3 aromatic rings. The summed E-state index contributed by atoms with van der Waals surface area (Å²) in [5, 5.41) is 3.82. The van der Waals surface area contributed by atoms with Gasteiger partial charge in [-0.3, -0.25) is 9.79 Å². The summed E-state index contributed by atoms with van der Waals surface area (Å²) in [6.07, 6.45) is 9.59. The maximum atomic E-state index is 13.0. The molecule has 0 bridgehead atoms. The molecule has 3 aromatic carbocycles. The lowest BCUT2D eigenvalue weighted by molar-refractivity contribution is 0.0951. The molecule has 2 aliphatic rings. The van der Waals surface area contributed by atoms with Gasteiger partial charge in [-0.15, -0.1) is 0 Å². The van der Waals surface area contributed by atoms with E-state index in [-0.39, 0.29) is 11.8 Å². The van der Waals surface area contributed by atoms with Gasteiger partial charge in [0.05, 0.1) is 11.4 Å². The van der Waals surface area contributed by atoms with E-state index >= 15 is 0 Å². The molecule has 0 radical (unpaired) electrons. The van der Waals surface area contributed by atoms with Crippen LogP contribution in [0.1, 0.15) is 47.2 Å². The van der Waals surface area contributed by atoms with Crippen molar-refractivity contribution in [3.63, 3.8) is 0 Å². The highest BCUT2D eigenvalue weighted by Crippen LogP contribution is 2.41. The van der Waals surface area contributed by atoms with Gasteiger partial charge in [-0.05, 0) is 54.3 Å². The van der Waals surface area contributed by atoms with Gasteiger partial charge in [-0.1, -0.05) is 96.5 Å². The third-order valence-electron chi connectivity index (χ3n) is 6.36. The zero-order valence-electron chi connectivity index (χ0n) is 20.1. The summed E-state index contributed by atoms with van der Waals surface area (Å²) in [5.74, 6) is 0.149. The minimum atomic E-state index is -0.0829. The van der Waals surface area contributed by atoms with E-state index in [9.17, 15) is 4.79 Å². The number of aliphatic imine (C=N–C) groups is 1. The van der Waals surface area contributed by atoms with E-state index < -0.39 is 0 Å². The molecule has 5 heteroatoms. The predicted molar refractivity (Wildman–Crippen MR) is 151 cm³/mol. The molecule has 0 saturated heterocycles. The van der Waals surface area contributed by atoms with Crippen LogP contribution in [0.3, 0.4) is 0 Å². The first kappa shape index (κ1) is 24.4. The third kappa shape index (κ3) is 5.72. The summed E-state index contributed by atoms with van der Waals surface area (Å²) in [6, 6.07) is 24.4. The monoisotopic (exact) mass is 510 g/mol. The molecule has 0 aromatic heterocycles. The van der Waals surface area contributed by atoms with Crippen LogP contribution in [0.4, 0.5) is 5.69 Å². The van der Waals surface area contributed by atoms with Crippen LogP contribution in [-0.2, 0) is 0 Å². The molecule has 1 heterocycles. The number of fused-ring (bicyclic) bond motifs is 2. The Bertz CT molecular complexity index is 1410. The van der Waals surface area contributed by atoms with Crippen molar-refractivity contribution < 1.29 is 4.79 Å². The van der Waals surface area contributed by atoms with Crippen molar-refractivity contribution in [2.45, 2.75) is 35.5 Å². The first-order valence-corrected chi connectivity index (χ1v) is 13.3. The number of nitrogens with one attached hydrogen (secondary N) is 1. The summed E-state index contributed by atoms with van der Waals surface area (Å²) >= 11 is 7.89. The molecule has 1 aliphatic carbocycles. The summed E-state index contributed by atoms with van der Waals surface area (Å²) in [6.45, 7) is 2.70. The van der Waals surface area contributed by atoms with E-state index in [0.717, 1.165) is 33.3 Å². The number of carbonyl (C=O) groups is 1. The fraction of sp³-hybridized carbons (Fsp3) is 0.161. The fourth-order valence-corrected chi connectivity index (χ4v) is 5.50. The highest BCUT2D eigenvalue weighted by atomic mass is 35.5. The van der Waals surface area contributed by atoms with Gasteiger partial charge in [0.1, 0.15) is 0 Å². The van der Waals surface area contributed by atoms with Gasteiger partial charge in [0, 0.05) is 38.9 Å². The van der Waals surface area contributed by atoms with Gasteiger partial charge in [0.15, 0.2) is 0 Å². The van der Waals surface area contributed by atoms with Crippen LogP contribution in [0.2, 0.25) is 0 Å². The second kappa shape index (κ2) is 11.2. The molecule has 1 N–H and O–H groups in total. The van der Waals surface area contributed by atoms with Crippen LogP contribution < -0.4 is 5.32 Å². The van der Waals surface area contributed by atoms with Crippen molar-refractivity contribution in [3.8, 4) is 0 Å². The number of nitrogens with zero attached hydrogens (tertiary/aromatic N) is 1. The van der Waals surface area contributed by atoms with E-state index in [1.165, 1.54) is 16.0 Å². The molecule has 0 saturated carbocycles. The van der Waals surface area contributed by atoms with Crippen LogP contribution in [0.15, 0.2) is 122 Å². The lowest BCUT2D eigenvalue weighted by Gasteiger charge is -2.13. The number of hydrogen-bond donors (Lipinski definition) is 1. The Labute approximate surface area is 221 Å². The summed E-state index contributed by atoms with van der Waals surface area (Å²) in [7, 11) is 0. The minimum absolute atomic E-state index is 0.0829. The quantitative estimate of drug-likeness (QED) is 0.363. The Balaban J connectivity index is 1.41. The molecule has 1 unspecified atom stereocenters. The van der Waals surface area contributed by atoms with Crippen LogP contribution in [0.5, 0.6) is 0 Å². The molecule has 3 nitrogen and oxygen atoms in total. The third-order valence-corrected chi connectivity index (χ3v) is 7.75. The Morgan fingerprint density at radius 2 is 1.83 bits per heavy atom. The highest BCUT2D eigenvalue weighted by Gasteiger charge is 2.20. The first-order chi connectivity index (χ1) is 17.6. The van der Waals surface area contributed by atoms with Crippen LogP contribution in [0.25, 0.3) is 0 Å². The number of rotatable bonds is 6. The summed E-state index contributed by atoms with van der Waals surface area (Å²) in [4.78, 5) is 20.4. The van der Waals surface area contributed by atoms with Crippen LogP contribution in [-0.4, -0.2) is 18.2 Å². The molecule has 0 fully saturated rings. The summed E-state index contributed by atoms with van der Waals surface area (Å²) < 4.78 is 0. The molecule has 1 amide bonds. The highest BCUT2D eigenvalue weighted by molar-refractivity contribution is 7.99. The Morgan fingerprint density at radius 3 is 2.69 bits per heavy atom. The van der Waals surface area contributed by atoms with Gasteiger partial charge in [-0.2, -0.15) is 0 Å². The van der Waals surface area contributed by atoms with Gasteiger partial charge >= 0.3 is 0 Å². The van der Waals surface area contributed by atoms with Gasteiger partial charge < -0.3 is 5.32 Å². The van der Waals surface area contributed by atoms with Gasteiger partial charge in [0.2, 0.25) is 0 Å². The molecular weight excluding hydrogens is 484 g/mol. The molecule has 180 valence electrons. The van der Waals surface area contributed by atoms with E-state index in [0.29, 0.717) is 18.5 Å². The zero-order valence-corrected chi connectivity index (χ0v) is 21.7. The van der Waals surface area contributed by atoms with Crippen molar-refractivity contribution in [2.24, 2.45) is 4.99 Å². The largest absolute Gasteiger partial charge is 0.351 e. The average Bonchev–Trinajstić information content (AvgIpc) is 3.20. The number of allylic oxidation sites excluding steroid dienone is 6. The molecule has 0 spiro atoms. The molecule has 5 rings (SSSR count). The Morgan fingerprint density at radius 1 is 1.03 bits per heavy atom. The zero-order chi connectivity index (χ0) is 24.9. The number of halogens is 1. The van der Waals surface area contributed by atoms with Crippen molar-refractivity contribution >= 4 is 40.7 Å². The maximum Gasteiger partial charge on any atom is 0.251 e.